The zero-order valence-corrected chi connectivity index (χ0v) is 18.1. The molecule has 1 N–H and O–H groups in total. The molecule has 3 nitrogen and oxygen atoms in total. The number of aliphatic imine (C=N–C) groups is 1. The van der Waals surface area contributed by atoms with Crippen LogP contribution in [0.25, 0.3) is 0 Å². The highest BCUT2D eigenvalue weighted by Crippen LogP contribution is 2.68. The predicted octanol–water partition coefficient (Wildman–Crippen LogP) is 5.12. The quantitative estimate of drug-likeness (QED) is 0.724. The van der Waals surface area contributed by atoms with Gasteiger partial charge in [-0.05, 0) is 76.9 Å². The lowest BCUT2D eigenvalue weighted by Gasteiger charge is -2.63. The fourth-order valence-electron chi connectivity index (χ4n) is 8.04. The van der Waals surface area contributed by atoms with Gasteiger partial charge in [0, 0.05) is 25.6 Å². The number of rotatable bonds is 1. The molecule has 2 saturated carbocycles. The largest absolute Gasteiger partial charge is 0.353 e. The second-order valence-corrected chi connectivity index (χ2v) is 11.0. The van der Waals surface area contributed by atoms with Crippen LogP contribution < -0.4 is 5.32 Å². The van der Waals surface area contributed by atoms with Crippen LogP contribution in [0.3, 0.4) is 0 Å². The molecule has 2 fully saturated rings. The van der Waals surface area contributed by atoms with Gasteiger partial charge < -0.3 is 5.32 Å². The van der Waals surface area contributed by atoms with Crippen LogP contribution in [0.1, 0.15) is 77.0 Å². The molecule has 0 spiro atoms. The zero-order chi connectivity index (χ0) is 19.9. The van der Waals surface area contributed by atoms with Crippen LogP contribution in [0.15, 0.2) is 17.1 Å². The van der Waals surface area contributed by atoms with Crippen LogP contribution >= 0.6 is 0 Å². The summed E-state index contributed by atoms with van der Waals surface area (Å²) in [6.07, 6.45) is 9.08. The highest BCUT2D eigenvalue weighted by molar-refractivity contribution is 5.79. The lowest BCUT2D eigenvalue weighted by molar-refractivity contribution is -0.131. The van der Waals surface area contributed by atoms with Crippen LogP contribution in [0.2, 0.25) is 0 Å². The lowest BCUT2D eigenvalue weighted by atomic mass is 9.42. The van der Waals surface area contributed by atoms with E-state index in [1.54, 1.807) is 18.1 Å². The van der Waals surface area contributed by atoms with Gasteiger partial charge in [-0.1, -0.05) is 39.8 Å². The van der Waals surface area contributed by atoms with Crippen molar-refractivity contribution in [2.45, 2.75) is 84.6 Å². The Kier molecular flexibility index (Phi) is 3.75. The van der Waals surface area contributed by atoms with Gasteiger partial charge in [-0.3, -0.25) is 9.79 Å². The van der Waals surface area contributed by atoms with E-state index in [-0.39, 0.29) is 16.7 Å². The van der Waals surface area contributed by atoms with Gasteiger partial charge in [-0.25, -0.2) is 0 Å². The molecule has 1 amide bonds. The van der Waals surface area contributed by atoms with Crippen LogP contribution in [0, 0.1) is 22.7 Å². The number of fused-ring (bicyclic) bond motifs is 7. The van der Waals surface area contributed by atoms with E-state index in [2.05, 4.69) is 51.4 Å². The minimum atomic E-state index is 0.115. The minimum absolute atomic E-state index is 0.115. The summed E-state index contributed by atoms with van der Waals surface area (Å²) in [7, 11) is 0. The summed E-state index contributed by atoms with van der Waals surface area (Å²) < 4.78 is 0. The van der Waals surface area contributed by atoms with Crippen molar-refractivity contribution in [1.29, 1.82) is 0 Å². The molecular weight excluding hydrogens is 344 g/mol. The number of carbonyl (C=O) groups is 1. The third kappa shape index (κ3) is 2.22. The Balaban J connectivity index is 1.55. The fourth-order valence-corrected chi connectivity index (χ4v) is 8.04. The average molecular weight is 379 g/mol. The van der Waals surface area contributed by atoms with E-state index < -0.39 is 0 Å². The van der Waals surface area contributed by atoms with Gasteiger partial charge in [0.25, 0.3) is 0 Å². The molecule has 3 heteroatoms. The first-order valence-corrected chi connectivity index (χ1v) is 11.1. The third-order valence-corrected chi connectivity index (χ3v) is 9.38. The van der Waals surface area contributed by atoms with Crippen molar-refractivity contribution >= 4 is 17.8 Å². The van der Waals surface area contributed by atoms with E-state index in [9.17, 15) is 4.79 Å². The Morgan fingerprint density at radius 2 is 1.89 bits per heavy atom. The number of hydrogen-bond acceptors (Lipinski definition) is 2. The van der Waals surface area contributed by atoms with Crippen molar-refractivity contribution in [2.24, 2.45) is 27.7 Å². The molecule has 1 heterocycles. The Hall–Kier alpha value is -1.64. The minimum Gasteiger partial charge on any atom is -0.353 e. The van der Waals surface area contributed by atoms with Crippen molar-refractivity contribution in [2.75, 3.05) is 0 Å². The van der Waals surface area contributed by atoms with E-state index >= 15 is 0 Å². The van der Waals surface area contributed by atoms with Crippen LogP contribution in [-0.4, -0.2) is 18.2 Å². The summed E-state index contributed by atoms with van der Waals surface area (Å²) in [6, 6.07) is 5.06. The van der Waals surface area contributed by atoms with Crippen molar-refractivity contribution in [1.82, 2.24) is 5.32 Å². The first-order chi connectivity index (χ1) is 13.2. The summed E-state index contributed by atoms with van der Waals surface area (Å²) in [5.74, 6) is 1.44. The Labute approximate surface area is 169 Å². The number of nitrogens with zero attached hydrogens (tertiary/aromatic N) is 1. The summed E-state index contributed by atoms with van der Waals surface area (Å²) in [5.41, 5.74) is 6.55. The summed E-state index contributed by atoms with van der Waals surface area (Å²) in [4.78, 5) is 16.6. The molecule has 0 saturated heterocycles. The van der Waals surface area contributed by atoms with Crippen LogP contribution in [0.5, 0.6) is 0 Å². The number of amides is 1. The molecule has 3 aliphatic carbocycles. The Bertz CT molecular complexity index is 885. The number of benzene rings is 1. The molecule has 5 rings (SSSR count). The molecule has 1 aromatic carbocycles. The molecule has 0 radical (unpaired) electrons. The molecular formula is C25H34N2O. The standard InChI is InChI=1S/C25H34N2O/c1-15(28)27-21-9-12-25(5)19(23(21,2)3)8-11-24(4)18-7-6-16-10-13-26-22(16)17(18)14-20(24)25/h6-7,13,19-21H,8-12,14H2,1-5H3,(H,27,28). The van der Waals surface area contributed by atoms with Crippen molar-refractivity contribution in [3.8, 4) is 0 Å². The van der Waals surface area contributed by atoms with Gasteiger partial charge in [0.15, 0.2) is 0 Å². The number of nitrogens with one attached hydrogen (secondary N) is 1. The Morgan fingerprint density at radius 3 is 2.64 bits per heavy atom. The molecule has 0 aromatic heterocycles. The first-order valence-electron chi connectivity index (χ1n) is 11.1. The molecule has 1 aromatic rings. The molecule has 150 valence electrons. The highest BCUT2D eigenvalue weighted by Gasteiger charge is 2.63. The van der Waals surface area contributed by atoms with Crippen LogP contribution in [-0.2, 0) is 23.1 Å². The number of hydrogen-bond donors (Lipinski definition) is 1. The van der Waals surface area contributed by atoms with Crippen molar-refractivity contribution < 1.29 is 4.79 Å². The third-order valence-electron chi connectivity index (χ3n) is 9.38. The topological polar surface area (TPSA) is 41.5 Å². The van der Waals surface area contributed by atoms with E-state index in [1.807, 2.05) is 0 Å². The van der Waals surface area contributed by atoms with Gasteiger partial charge >= 0.3 is 0 Å². The summed E-state index contributed by atoms with van der Waals surface area (Å²) >= 11 is 0. The maximum absolute atomic E-state index is 11.8. The zero-order valence-electron chi connectivity index (χ0n) is 18.1. The van der Waals surface area contributed by atoms with Crippen molar-refractivity contribution in [3.63, 3.8) is 0 Å². The highest BCUT2D eigenvalue weighted by atomic mass is 16.1. The normalized spacial score (nSPS) is 39.7. The van der Waals surface area contributed by atoms with Crippen LogP contribution in [0.4, 0.5) is 5.69 Å². The number of carbonyl (C=O) groups excluding carboxylic acids is 1. The predicted molar refractivity (Wildman–Crippen MR) is 114 cm³/mol. The second kappa shape index (κ2) is 5.70. The van der Waals surface area contributed by atoms with Gasteiger partial charge in [0.1, 0.15) is 0 Å². The molecule has 0 bridgehead atoms. The van der Waals surface area contributed by atoms with Gasteiger partial charge in [0.2, 0.25) is 5.91 Å². The monoisotopic (exact) mass is 378 g/mol. The van der Waals surface area contributed by atoms with Gasteiger partial charge in [-0.15, -0.1) is 0 Å². The molecule has 28 heavy (non-hydrogen) atoms. The maximum atomic E-state index is 11.8. The fraction of sp³-hybridized carbons (Fsp3) is 0.680. The second-order valence-electron chi connectivity index (χ2n) is 11.0. The molecule has 4 aliphatic rings. The maximum Gasteiger partial charge on any atom is 0.217 e. The van der Waals surface area contributed by atoms with E-state index in [1.165, 1.54) is 36.9 Å². The first kappa shape index (κ1) is 18.4. The van der Waals surface area contributed by atoms with Crippen molar-refractivity contribution in [3.05, 3.63) is 28.8 Å². The van der Waals surface area contributed by atoms with E-state index in [0.717, 1.165) is 12.8 Å². The van der Waals surface area contributed by atoms with Gasteiger partial charge in [-0.2, -0.15) is 0 Å². The SMILES string of the molecule is CC(=O)NC1CCC2(C)C3Cc4c(ccc5c4N=CC5)C3(C)CCC2C1(C)C. The molecule has 5 unspecified atom stereocenters. The van der Waals surface area contributed by atoms with E-state index in [0.29, 0.717) is 23.3 Å². The molecule has 1 aliphatic heterocycles. The van der Waals surface area contributed by atoms with E-state index in [4.69, 9.17) is 4.99 Å². The average Bonchev–Trinajstić information content (AvgIpc) is 3.20. The van der Waals surface area contributed by atoms with Gasteiger partial charge in [0.05, 0.1) is 5.69 Å². The molecule has 5 atom stereocenters. The Morgan fingerprint density at radius 1 is 1.11 bits per heavy atom. The summed E-state index contributed by atoms with van der Waals surface area (Å²) in [6.45, 7) is 11.6. The summed E-state index contributed by atoms with van der Waals surface area (Å²) in [5, 5.41) is 3.28. The smallest absolute Gasteiger partial charge is 0.217 e. The lowest BCUT2D eigenvalue weighted by Crippen LogP contribution is -2.61.